The quantitative estimate of drug-likeness (QED) is 0.552. The van der Waals surface area contributed by atoms with Crippen molar-refractivity contribution in [1.29, 1.82) is 0 Å². The van der Waals surface area contributed by atoms with E-state index in [1.54, 1.807) is 24.3 Å². The van der Waals surface area contributed by atoms with Gasteiger partial charge < -0.3 is 20.4 Å². The molecular formula is C11H16O4. The van der Waals surface area contributed by atoms with Gasteiger partial charge >= 0.3 is 0 Å². The first-order chi connectivity index (χ1) is 7.19. The fraction of sp³-hybridized carbons (Fsp3) is 0.455. The summed E-state index contributed by atoms with van der Waals surface area (Å²) in [6, 6.07) is 6.67. The van der Waals surface area contributed by atoms with Gasteiger partial charge in [0, 0.05) is 6.61 Å². The van der Waals surface area contributed by atoms with Crippen molar-refractivity contribution in [3.8, 4) is 0 Å². The van der Waals surface area contributed by atoms with Crippen molar-refractivity contribution in [1.82, 2.24) is 0 Å². The molecule has 4 N–H and O–H groups in total. The summed E-state index contributed by atoms with van der Waals surface area (Å²) < 4.78 is 0. The summed E-state index contributed by atoms with van der Waals surface area (Å²) in [6.07, 6.45) is -1.82. The van der Waals surface area contributed by atoms with Gasteiger partial charge in [0.15, 0.2) is 0 Å². The zero-order valence-electron chi connectivity index (χ0n) is 8.37. The van der Waals surface area contributed by atoms with Gasteiger partial charge in [0.05, 0.1) is 12.7 Å². The average Bonchev–Trinajstić information content (AvgIpc) is 2.28. The smallest absolute Gasteiger partial charge is 0.105 e. The molecule has 2 atom stereocenters. The topological polar surface area (TPSA) is 80.9 Å². The Kier molecular flexibility index (Phi) is 4.71. The van der Waals surface area contributed by atoms with Crippen LogP contribution < -0.4 is 0 Å². The van der Waals surface area contributed by atoms with E-state index in [9.17, 15) is 10.2 Å². The number of benzene rings is 1. The second-order valence-electron chi connectivity index (χ2n) is 3.42. The predicted octanol–water partition coefficient (Wildman–Crippen LogP) is -0.0444. The van der Waals surface area contributed by atoms with Gasteiger partial charge in [0.2, 0.25) is 0 Å². The van der Waals surface area contributed by atoms with Gasteiger partial charge in [-0.3, -0.25) is 0 Å². The Morgan fingerprint density at radius 3 is 2.07 bits per heavy atom. The maximum Gasteiger partial charge on any atom is 0.105 e. The highest BCUT2D eigenvalue weighted by Gasteiger charge is 2.17. The Hall–Kier alpha value is -0.940. The van der Waals surface area contributed by atoms with E-state index in [1.165, 1.54) is 0 Å². The van der Waals surface area contributed by atoms with E-state index in [4.69, 9.17) is 10.2 Å². The van der Waals surface area contributed by atoms with Crippen molar-refractivity contribution in [3.05, 3.63) is 35.4 Å². The monoisotopic (exact) mass is 212 g/mol. The van der Waals surface area contributed by atoms with Crippen LogP contribution >= 0.6 is 0 Å². The van der Waals surface area contributed by atoms with E-state index in [0.29, 0.717) is 5.56 Å². The summed E-state index contributed by atoms with van der Waals surface area (Å²) in [7, 11) is 0. The lowest BCUT2D eigenvalue weighted by molar-refractivity contribution is 0.00420. The Balaban J connectivity index is 2.69. The molecule has 1 aromatic rings. The van der Waals surface area contributed by atoms with Gasteiger partial charge in [-0.15, -0.1) is 0 Å². The summed E-state index contributed by atoms with van der Waals surface area (Å²) in [5.74, 6) is 0. The number of hydrogen-bond acceptors (Lipinski definition) is 4. The van der Waals surface area contributed by atoms with Crippen LogP contribution in [0, 0.1) is 0 Å². The van der Waals surface area contributed by atoms with Crippen molar-refractivity contribution < 1.29 is 20.4 Å². The summed E-state index contributed by atoms with van der Waals surface area (Å²) in [5, 5.41) is 36.5. The Morgan fingerprint density at radius 1 is 1.00 bits per heavy atom. The first-order valence-corrected chi connectivity index (χ1v) is 4.85. The molecule has 4 nitrogen and oxygen atoms in total. The Labute approximate surface area is 88.4 Å². The lowest BCUT2D eigenvalue weighted by Gasteiger charge is -2.17. The highest BCUT2D eigenvalue weighted by Crippen LogP contribution is 2.19. The number of rotatable bonds is 5. The molecule has 1 aromatic carbocycles. The lowest BCUT2D eigenvalue weighted by Crippen LogP contribution is -2.19. The molecule has 0 spiro atoms. The van der Waals surface area contributed by atoms with E-state index in [1.807, 2.05) is 0 Å². The zero-order valence-corrected chi connectivity index (χ0v) is 8.37. The van der Waals surface area contributed by atoms with E-state index in [0.717, 1.165) is 5.56 Å². The maximum absolute atomic E-state index is 9.66. The van der Waals surface area contributed by atoms with E-state index in [-0.39, 0.29) is 19.6 Å². The predicted molar refractivity (Wildman–Crippen MR) is 55.0 cm³/mol. The normalized spacial score (nSPS) is 14.9. The van der Waals surface area contributed by atoms with Crippen LogP contribution in [0.1, 0.15) is 23.7 Å². The Bertz CT molecular complexity index is 283. The Morgan fingerprint density at radius 2 is 1.60 bits per heavy atom. The fourth-order valence-electron chi connectivity index (χ4n) is 1.33. The fourth-order valence-corrected chi connectivity index (χ4v) is 1.33. The molecule has 0 amide bonds. The molecule has 0 aliphatic carbocycles. The highest BCUT2D eigenvalue weighted by atomic mass is 16.3. The molecule has 4 heteroatoms. The van der Waals surface area contributed by atoms with Crippen molar-refractivity contribution in [2.75, 3.05) is 6.61 Å². The summed E-state index contributed by atoms with van der Waals surface area (Å²) in [6.45, 7) is -0.206. The SMILES string of the molecule is OCCC(O)C(O)c1ccc(CO)cc1. The van der Waals surface area contributed by atoms with Gasteiger partial charge in [-0.1, -0.05) is 24.3 Å². The van der Waals surface area contributed by atoms with Crippen LogP contribution in [0.25, 0.3) is 0 Å². The van der Waals surface area contributed by atoms with Crippen LogP contribution in [0.4, 0.5) is 0 Å². The van der Waals surface area contributed by atoms with Crippen LogP contribution in [-0.4, -0.2) is 33.1 Å². The molecular weight excluding hydrogens is 196 g/mol. The highest BCUT2D eigenvalue weighted by molar-refractivity contribution is 5.24. The number of aliphatic hydroxyl groups excluding tert-OH is 4. The molecule has 0 fully saturated rings. The van der Waals surface area contributed by atoms with Gasteiger partial charge in [0.1, 0.15) is 6.10 Å². The minimum absolute atomic E-state index is 0.0461. The second-order valence-corrected chi connectivity index (χ2v) is 3.42. The van der Waals surface area contributed by atoms with Crippen molar-refractivity contribution in [2.24, 2.45) is 0 Å². The minimum atomic E-state index is -0.995. The molecule has 0 heterocycles. The molecule has 84 valence electrons. The van der Waals surface area contributed by atoms with Gasteiger partial charge in [-0.25, -0.2) is 0 Å². The minimum Gasteiger partial charge on any atom is -0.396 e. The third kappa shape index (κ3) is 3.28. The number of hydrogen-bond donors (Lipinski definition) is 4. The molecule has 0 aliphatic rings. The molecule has 0 aromatic heterocycles. The van der Waals surface area contributed by atoms with Crippen molar-refractivity contribution in [3.63, 3.8) is 0 Å². The van der Waals surface area contributed by atoms with Crippen LogP contribution in [0.5, 0.6) is 0 Å². The van der Waals surface area contributed by atoms with Gasteiger partial charge in [-0.2, -0.15) is 0 Å². The molecule has 0 saturated carbocycles. The van der Waals surface area contributed by atoms with Crippen molar-refractivity contribution >= 4 is 0 Å². The molecule has 0 bridgehead atoms. The maximum atomic E-state index is 9.66. The molecule has 2 unspecified atom stereocenters. The van der Waals surface area contributed by atoms with E-state index >= 15 is 0 Å². The summed E-state index contributed by atoms with van der Waals surface area (Å²) in [4.78, 5) is 0. The van der Waals surface area contributed by atoms with Crippen LogP contribution in [-0.2, 0) is 6.61 Å². The molecule has 15 heavy (non-hydrogen) atoms. The molecule has 0 saturated heterocycles. The third-order valence-corrected chi connectivity index (χ3v) is 2.29. The van der Waals surface area contributed by atoms with Crippen LogP contribution in [0.3, 0.4) is 0 Å². The molecule has 0 aliphatic heterocycles. The van der Waals surface area contributed by atoms with Gasteiger partial charge in [0.25, 0.3) is 0 Å². The first kappa shape index (κ1) is 12.1. The zero-order chi connectivity index (χ0) is 11.3. The van der Waals surface area contributed by atoms with E-state index in [2.05, 4.69) is 0 Å². The summed E-state index contributed by atoms with van der Waals surface area (Å²) in [5.41, 5.74) is 1.33. The molecule has 1 rings (SSSR count). The number of aliphatic hydroxyl groups is 4. The third-order valence-electron chi connectivity index (χ3n) is 2.29. The van der Waals surface area contributed by atoms with Crippen molar-refractivity contribution in [2.45, 2.75) is 25.2 Å². The van der Waals surface area contributed by atoms with Crippen LogP contribution in [0.15, 0.2) is 24.3 Å². The standard InChI is InChI=1S/C11H16O4/c12-6-5-10(14)11(15)9-3-1-8(7-13)2-4-9/h1-4,10-15H,5-7H2. The first-order valence-electron chi connectivity index (χ1n) is 4.85. The second kappa shape index (κ2) is 5.82. The summed E-state index contributed by atoms with van der Waals surface area (Å²) >= 11 is 0. The average molecular weight is 212 g/mol. The van der Waals surface area contributed by atoms with Crippen LogP contribution in [0.2, 0.25) is 0 Å². The largest absolute Gasteiger partial charge is 0.396 e. The lowest BCUT2D eigenvalue weighted by atomic mass is 10.0. The van der Waals surface area contributed by atoms with Gasteiger partial charge in [-0.05, 0) is 17.5 Å². The van der Waals surface area contributed by atoms with E-state index < -0.39 is 12.2 Å². The molecule has 0 radical (unpaired) electrons.